The van der Waals surface area contributed by atoms with Crippen molar-refractivity contribution in [3.8, 4) is 16.3 Å². The van der Waals surface area contributed by atoms with Gasteiger partial charge < -0.3 is 10.1 Å². The molecule has 0 fully saturated rings. The summed E-state index contributed by atoms with van der Waals surface area (Å²) < 4.78 is 6.91. The van der Waals surface area contributed by atoms with Crippen molar-refractivity contribution in [2.24, 2.45) is 5.41 Å². The minimum absolute atomic E-state index is 0.0380. The van der Waals surface area contributed by atoms with Crippen molar-refractivity contribution in [2.75, 3.05) is 11.9 Å². The van der Waals surface area contributed by atoms with Crippen LogP contribution in [0.1, 0.15) is 52.2 Å². The lowest BCUT2D eigenvalue weighted by atomic mass is 9.72. The zero-order valence-electron chi connectivity index (χ0n) is 21.4. The van der Waals surface area contributed by atoms with Crippen LogP contribution in [0.25, 0.3) is 20.8 Å². The van der Waals surface area contributed by atoms with Crippen LogP contribution in [0.3, 0.4) is 0 Å². The molecule has 0 aliphatic rings. The lowest BCUT2D eigenvalue weighted by molar-refractivity contribution is -0.118. The number of benzene rings is 3. The average Bonchev–Trinajstić information content (AvgIpc) is 3.20. The van der Waals surface area contributed by atoms with Gasteiger partial charge in [-0.1, -0.05) is 52.8 Å². The minimum atomic E-state index is -0.189. The number of carbonyl (C=O) groups excluding carboxylic acids is 1. The molecule has 1 amide bonds. The minimum Gasteiger partial charge on any atom is -0.484 e. The van der Waals surface area contributed by atoms with Gasteiger partial charge in [0.05, 0.1) is 10.2 Å². The molecule has 0 bridgehead atoms. The number of rotatable bonds is 7. The Bertz CT molecular complexity index is 1310. The standard InChI is InChI=1S/C30H34N2O2S/c1-20-7-16-25-26(17-20)35-28(32-25)21-8-12-23(13-9-21)31-27(33)18-34-24-14-10-22(11-15-24)30(5,6)19-29(2,3)4/h7-17H,18-19H2,1-6H3,(H,31,33). The summed E-state index contributed by atoms with van der Waals surface area (Å²) in [7, 11) is 0. The fourth-order valence-corrected chi connectivity index (χ4v) is 5.70. The van der Waals surface area contributed by atoms with Gasteiger partial charge >= 0.3 is 0 Å². The molecule has 4 rings (SSSR count). The summed E-state index contributed by atoms with van der Waals surface area (Å²) in [6, 6.07) is 22.1. The van der Waals surface area contributed by atoms with Crippen LogP contribution in [-0.2, 0) is 10.2 Å². The molecule has 0 radical (unpaired) electrons. The van der Waals surface area contributed by atoms with Crippen LogP contribution < -0.4 is 10.1 Å². The van der Waals surface area contributed by atoms with Crippen molar-refractivity contribution in [3.05, 3.63) is 77.9 Å². The highest BCUT2D eigenvalue weighted by atomic mass is 32.1. The lowest BCUT2D eigenvalue weighted by Gasteiger charge is -2.33. The molecule has 1 heterocycles. The van der Waals surface area contributed by atoms with E-state index in [-0.39, 0.29) is 23.3 Å². The molecular formula is C30H34N2O2S. The highest BCUT2D eigenvalue weighted by Crippen LogP contribution is 2.36. The molecule has 182 valence electrons. The number of nitrogens with zero attached hydrogens (tertiary/aromatic N) is 1. The second-order valence-corrected chi connectivity index (χ2v) is 12.1. The Hall–Kier alpha value is -3.18. The number of fused-ring (bicyclic) bond motifs is 1. The van der Waals surface area contributed by atoms with E-state index in [9.17, 15) is 4.79 Å². The van der Waals surface area contributed by atoms with E-state index in [0.717, 1.165) is 28.2 Å². The lowest BCUT2D eigenvalue weighted by Crippen LogP contribution is -2.24. The Balaban J connectivity index is 1.32. The monoisotopic (exact) mass is 486 g/mol. The molecule has 0 unspecified atom stereocenters. The zero-order chi connectivity index (χ0) is 25.2. The van der Waals surface area contributed by atoms with E-state index in [1.165, 1.54) is 15.8 Å². The summed E-state index contributed by atoms with van der Waals surface area (Å²) >= 11 is 1.68. The molecule has 3 aromatic carbocycles. The van der Waals surface area contributed by atoms with Gasteiger partial charge in [-0.3, -0.25) is 4.79 Å². The van der Waals surface area contributed by atoms with Crippen molar-refractivity contribution in [1.82, 2.24) is 4.98 Å². The van der Waals surface area contributed by atoms with Crippen molar-refractivity contribution in [1.29, 1.82) is 0 Å². The first-order chi connectivity index (χ1) is 16.5. The quantitative estimate of drug-likeness (QED) is 0.288. The molecule has 0 atom stereocenters. The predicted molar refractivity (Wildman–Crippen MR) is 147 cm³/mol. The van der Waals surface area contributed by atoms with E-state index in [0.29, 0.717) is 5.75 Å². The Kier molecular flexibility index (Phi) is 7.00. The summed E-state index contributed by atoms with van der Waals surface area (Å²) in [5.74, 6) is 0.502. The maximum Gasteiger partial charge on any atom is 0.262 e. The Morgan fingerprint density at radius 3 is 2.29 bits per heavy atom. The predicted octanol–water partition coefficient (Wildman–Crippen LogP) is 8.00. The van der Waals surface area contributed by atoms with Gasteiger partial charge in [-0.25, -0.2) is 4.98 Å². The van der Waals surface area contributed by atoms with E-state index in [4.69, 9.17) is 9.72 Å². The van der Waals surface area contributed by atoms with E-state index in [2.05, 4.69) is 77.2 Å². The number of aryl methyl sites for hydroxylation is 1. The van der Waals surface area contributed by atoms with E-state index < -0.39 is 0 Å². The number of hydrogen-bond acceptors (Lipinski definition) is 4. The first kappa shape index (κ1) is 24.9. The number of hydrogen-bond donors (Lipinski definition) is 1. The third-order valence-corrected chi connectivity index (χ3v) is 7.00. The molecule has 0 saturated heterocycles. The normalized spacial score (nSPS) is 12.1. The maximum absolute atomic E-state index is 12.4. The van der Waals surface area contributed by atoms with Gasteiger partial charge in [0, 0.05) is 11.3 Å². The van der Waals surface area contributed by atoms with Crippen LogP contribution in [0.15, 0.2) is 66.7 Å². The summed E-state index contributed by atoms with van der Waals surface area (Å²) in [4.78, 5) is 17.2. The highest BCUT2D eigenvalue weighted by Gasteiger charge is 2.27. The molecular weight excluding hydrogens is 452 g/mol. The molecule has 0 aliphatic carbocycles. The first-order valence-electron chi connectivity index (χ1n) is 12.0. The largest absolute Gasteiger partial charge is 0.484 e. The molecule has 0 aliphatic heterocycles. The van der Waals surface area contributed by atoms with E-state index >= 15 is 0 Å². The van der Waals surface area contributed by atoms with Gasteiger partial charge in [0.25, 0.3) is 5.91 Å². The number of amides is 1. The van der Waals surface area contributed by atoms with Crippen LogP contribution in [0.2, 0.25) is 0 Å². The molecule has 1 aromatic heterocycles. The van der Waals surface area contributed by atoms with Crippen LogP contribution >= 0.6 is 11.3 Å². The second kappa shape index (κ2) is 9.82. The molecule has 4 nitrogen and oxygen atoms in total. The Morgan fingerprint density at radius 2 is 1.63 bits per heavy atom. The molecule has 4 aromatic rings. The first-order valence-corrected chi connectivity index (χ1v) is 12.8. The van der Waals surface area contributed by atoms with Crippen molar-refractivity contribution in [3.63, 3.8) is 0 Å². The van der Waals surface area contributed by atoms with E-state index in [1.807, 2.05) is 36.4 Å². The number of thiazole rings is 1. The van der Waals surface area contributed by atoms with Crippen LogP contribution in [-0.4, -0.2) is 17.5 Å². The number of carbonyl (C=O) groups is 1. The highest BCUT2D eigenvalue weighted by molar-refractivity contribution is 7.21. The fraction of sp³-hybridized carbons (Fsp3) is 0.333. The topological polar surface area (TPSA) is 51.2 Å². The van der Waals surface area contributed by atoms with Gasteiger partial charge in [-0.05, 0) is 83.8 Å². The van der Waals surface area contributed by atoms with Crippen molar-refractivity contribution >= 4 is 33.1 Å². The van der Waals surface area contributed by atoms with Crippen LogP contribution in [0, 0.1) is 12.3 Å². The molecule has 1 N–H and O–H groups in total. The number of nitrogens with one attached hydrogen (secondary N) is 1. The summed E-state index contributed by atoms with van der Waals surface area (Å²) in [5, 5.41) is 3.88. The number of anilines is 1. The number of ether oxygens (including phenoxy) is 1. The van der Waals surface area contributed by atoms with Gasteiger partial charge in [-0.2, -0.15) is 0 Å². The van der Waals surface area contributed by atoms with Gasteiger partial charge in [0.2, 0.25) is 0 Å². The smallest absolute Gasteiger partial charge is 0.262 e. The van der Waals surface area contributed by atoms with Crippen LogP contribution in [0.5, 0.6) is 5.75 Å². The summed E-state index contributed by atoms with van der Waals surface area (Å²) in [6.45, 7) is 13.4. The molecule has 0 saturated carbocycles. The zero-order valence-corrected chi connectivity index (χ0v) is 22.3. The van der Waals surface area contributed by atoms with Gasteiger partial charge in [0.1, 0.15) is 10.8 Å². The Labute approximate surface area is 212 Å². The summed E-state index contributed by atoms with van der Waals surface area (Å²) in [5.41, 5.74) is 5.61. The van der Waals surface area contributed by atoms with E-state index in [1.54, 1.807) is 11.3 Å². The van der Waals surface area contributed by atoms with Gasteiger partial charge in [-0.15, -0.1) is 11.3 Å². The van der Waals surface area contributed by atoms with Crippen LogP contribution in [0.4, 0.5) is 5.69 Å². The Morgan fingerprint density at radius 1 is 0.943 bits per heavy atom. The number of aromatic nitrogens is 1. The molecule has 5 heteroatoms. The second-order valence-electron chi connectivity index (χ2n) is 11.1. The molecule has 35 heavy (non-hydrogen) atoms. The SMILES string of the molecule is Cc1ccc2nc(-c3ccc(NC(=O)COc4ccc(C(C)(C)CC(C)(C)C)cc4)cc3)sc2c1. The molecule has 0 spiro atoms. The fourth-order valence-electron chi connectivity index (χ4n) is 4.63. The maximum atomic E-state index is 12.4. The third kappa shape index (κ3) is 6.49. The van der Waals surface area contributed by atoms with Crippen molar-refractivity contribution in [2.45, 2.75) is 53.4 Å². The van der Waals surface area contributed by atoms with Crippen molar-refractivity contribution < 1.29 is 9.53 Å². The van der Waals surface area contributed by atoms with Gasteiger partial charge in [0.15, 0.2) is 6.61 Å². The summed E-state index contributed by atoms with van der Waals surface area (Å²) in [6.07, 6.45) is 1.08. The third-order valence-electron chi connectivity index (χ3n) is 5.94. The average molecular weight is 487 g/mol.